The maximum Gasteiger partial charge on any atom is 0.470 e. The monoisotopic (exact) mass is 502 g/mol. The van der Waals surface area contributed by atoms with Gasteiger partial charge in [0.25, 0.3) is 0 Å². The molecule has 0 radical (unpaired) electrons. The number of rotatable bonds is 14. The quantitative estimate of drug-likeness (QED) is 0.209. The van der Waals surface area contributed by atoms with E-state index in [1.54, 1.807) is 51.2 Å². The Balaban J connectivity index is 2.30. The first-order valence-electron chi connectivity index (χ1n) is 9.33. The Kier molecular flexibility index (Phi) is 11.1. The van der Waals surface area contributed by atoms with Crippen molar-refractivity contribution >= 4 is 39.2 Å². The van der Waals surface area contributed by atoms with E-state index >= 15 is 0 Å². The van der Waals surface area contributed by atoms with Gasteiger partial charge in [0.15, 0.2) is 0 Å². The van der Waals surface area contributed by atoms with Crippen LogP contribution in [-0.2, 0) is 29.7 Å². The largest absolute Gasteiger partial charge is 0.470 e. The fourth-order valence-corrected chi connectivity index (χ4v) is 6.37. The molecule has 0 amide bonds. The minimum atomic E-state index is -4.48. The van der Waals surface area contributed by atoms with E-state index < -0.39 is 26.8 Å². The van der Waals surface area contributed by atoms with Gasteiger partial charge < -0.3 is 19.6 Å². The van der Waals surface area contributed by atoms with E-state index in [9.17, 15) is 9.13 Å². The number of phosphoric ester groups is 2. The molecule has 30 heavy (non-hydrogen) atoms. The van der Waals surface area contributed by atoms with Crippen molar-refractivity contribution in [3.63, 3.8) is 0 Å². The predicted molar refractivity (Wildman–Crippen MR) is 122 cm³/mol. The third-order valence-electron chi connectivity index (χ3n) is 3.99. The van der Waals surface area contributed by atoms with Crippen LogP contribution in [0, 0.1) is 0 Å². The molecule has 0 aromatic heterocycles. The van der Waals surface area contributed by atoms with Gasteiger partial charge in [0.1, 0.15) is 0 Å². The fraction of sp³-hybridized carbons (Fsp3) is 0.667. The van der Waals surface area contributed by atoms with Crippen LogP contribution in [0.2, 0.25) is 0 Å². The Morgan fingerprint density at radius 1 is 0.733 bits per heavy atom. The van der Waals surface area contributed by atoms with Crippen LogP contribution in [0.15, 0.2) is 24.3 Å². The number of hydrogen-bond acceptors (Lipinski definition) is 6. The van der Waals surface area contributed by atoms with Crippen molar-refractivity contribution < 1.29 is 37.8 Å². The van der Waals surface area contributed by atoms with Gasteiger partial charge in [-0.2, -0.15) is 23.5 Å². The molecule has 1 aromatic rings. The molecule has 0 heterocycles. The maximum atomic E-state index is 11.0. The molecule has 174 valence electrons. The van der Waals surface area contributed by atoms with E-state index in [0.717, 1.165) is 23.0 Å². The van der Waals surface area contributed by atoms with Gasteiger partial charge in [-0.15, -0.1) is 0 Å². The average Bonchev–Trinajstić information content (AvgIpc) is 2.52. The minimum absolute atomic E-state index is 0.527. The molecule has 0 atom stereocenters. The van der Waals surface area contributed by atoms with Gasteiger partial charge in [-0.05, 0) is 63.2 Å². The molecule has 0 saturated heterocycles. The summed E-state index contributed by atoms with van der Waals surface area (Å²) in [6.07, 6.45) is 1.05. The average molecular weight is 503 g/mol. The van der Waals surface area contributed by atoms with Crippen LogP contribution in [0.4, 0.5) is 0 Å². The van der Waals surface area contributed by atoms with Crippen LogP contribution in [0.3, 0.4) is 0 Å². The first-order valence-corrected chi connectivity index (χ1v) is 14.7. The lowest BCUT2D eigenvalue weighted by molar-refractivity contribution is 0.0616. The van der Waals surface area contributed by atoms with E-state index in [1.165, 1.54) is 11.1 Å². The van der Waals surface area contributed by atoms with Crippen LogP contribution in [0.5, 0.6) is 0 Å². The minimum Gasteiger partial charge on any atom is -0.303 e. The summed E-state index contributed by atoms with van der Waals surface area (Å²) in [7, 11) is -8.97. The molecule has 0 fully saturated rings. The molecular weight excluding hydrogens is 470 g/mol. The summed E-state index contributed by atoms with van der Waals surface area (Å²) in [4.78, 5) is 35.7. The lowest BCUT2D eigenvalue weighted by Crippen LogP contribution is -2.23. The summed E-state index contributed by atoms with van der Waals surface area (Å²) < 4.78 is 31.5. The summed E-state index contributed by atoms with van der Waals surface area (Å²) in [5.41, 5.74) is 0.577. The lowest BCUT2D eigenvalue weighted by atomic mass is 10.1. The topological polar surface area (TPSA) is 134 Å². The van der Waals surface area contributed by atoms with Gasteiger partial charge in [-0.3, -0.25) is 9.05 Å². The van der Waals surface area contributed by atoms with Crippen LogP contribution in [-0.4, -0.2) is 42.3 Å². The smallest absolute Gasteiger partial charge is 0.303 e. The standard InChI is InChI=1S/C18H32O8P2S2/c1-17(2,25-27(19,20)21)9-11-29-13-15-5-7-16(8-6-15)14-30-12-10-18(3,4)26-28(22,23)24/h5-8H,9-14H2,1-4H3,(H2,19,20,21)(H2,22,23,24). The van der Waals surface area contributed by atoms with Crippen molar-refractivity contribution in [2.45, 2.75) is 63.2 Å². The zero-order chi connectivity index (χ0) is 23.1. The van der Waals surface area contributed by atoms with Crippen molar-refractivity contribution in [1.82, 2.24) is 0 Å². The summed E-state index contributed by atoms with van der Waals surface area (Å²) >= 11 is 3.36. The van der Waals surface area contributed by atoms with Crippen molar-refractivity contribution in [3.05, 3.63) is 35.4 Å². The summed E-state index contributed by atoms with van der Waals surface area (Å²) in [5, 5.41) is 0. The molecule has 0 bridgehead atoms. The molecule has 0 aliphatic heterocycles. The second-order valence-electron chi connectivity index (χ2n) is 8.10. The Morgan fingerprint density at radius 3 is 1.30 bits per heavy atom. The van der Waals surface area contributed by atoms with E-state index in [2.05, 4.69) is 24.3 Å². The van der Waals surface area contributed by atoms with Crippen molar-refractivity contribution in [2.24, 2.45) is 0 Å². The molecular formula is C18H32O8P2S2. The molecule has 0 saturated carbocycles. The second-order valence-corrected chi connectivity index (χ2v) is 12.6. The molecule has 0 spiro atoms. The molecule has 0 unspecified atom stereocenters. The van der Waals surface area contributed by atoms with Crippen molar-refractivity contribution in [3.8, 4) is 0 Å². The highest BCUT2D eigenvalue weighted by Crippen LogP contribution is 2.43. The van der Waals surface area contributed by atoms with Gasteiger partial charge >= 0.3 is 15.6 Å². The first-order chi connectivity index (χ1) is 13.6. The van der Waals surface area contributed by atoms with Crippen molar-refractivity contribution in [2.75, 3.05) is 11.5 Å². The van der Waals surface area contributed by atoms with E-state index in [1.807, 2.05) is 0 Å². The molecule has 4 N–H and O–H groups in total. The van der Waals surface area contributed by atoms with E-state index in [-0.39, 0.29) is 0 Å². The molecule has 1 rings (SSSR count). The van der Waals surface area contributed by atoms with Crippen LogP contribution < -0.4 is 0 Å². The zero-order valence-corrected chi connectivity index (χ0v) is 21.1. The third kappa shape index (κ3) is 14.2. The lowest BCUT2D eigenvalue weighted by Gasteiger charge is -2.25. The second kappa shape index (κ2) is 11.8. The SMILES string of the molecule is CC(C)(CCSCc1ccc(CSCCC(C)(C)OP(=O)(O)O)cc1)OP(=O)(O)O. The molecule has 12 heteroatoms. The third-order valence-corrected chi connectivity index (χ3v) is 7.51. The number of phosphoric acid groups is 2. The van der Waals surface area contributed by atoms with Crippen LogP contribution >= 0.6 is 39.2 Å². The molecule has 0 aliphatic carbocycles. The number of thioether (sulfide) groups is 2. The van der Waals surface area contributed by atoms with Gasteiger partial charge in [0.05, 0.1) is 11.2 Å². The Bertz CT molecular complexity index is 680. The van der Waals surface area contributed by atoms with Crippen LogP contribution in [0.1, 0.15) is 51.7 Å². The van der Waals surface area contributed by atoms with E-state index in [4.69, 9.17) is 28.6 Å². The van der Waals surface area contributed by atoms with Gasteiger partial charge in [0, 0.05) is 11.5 Å². The predicted octanol–water partition coefficient (Wildman–Crippen LogP) is 4.71. The highest BCUT2D eigenvalue weighted by Gasteiger charge is 2.29. The maximum absolute atomic E-state index is 11.0. The highest BCUT2D eigenvalue weighted by atomic mass is 32.2. The molecule has 1 aromatic carbocycles. The van der Waals surface area contributed by atoms with Gasteiger partial charge in [0.2, 0.25) is 0 Å². The van der Waals surface area contributed by atoms with E-state index in [0.29, 0.717) is 12.8 Å². The molecule has 0 aliphatic rings. The van der Waals surface area contributed by atoms with Crippen LogP contribution in [0.25, 0.3) is 0 Å². The summed E-state index contributed by atoms with van der Waals surface area (Å²) in [6, 6.07) is 8.23. The number of benzene rings is 1. The normalized spacial score (nSPS) is 13.6. The summed E-state index contributed by atoms with van der Waals surface area (Å²) in [5.74, 6) is 3.04. The number of hydrogen-bond donors (Lipinski definition) is 4. The molecule has 8 nitrogen and oxygen atoms in total. The van der Waals surface area contributed by atoms with Gasteiger partial charge in [-0.25, -0.2) is 9.13 Å². The van der Waals surface area contributed by atoms with Crippen molar-refractivity contribution in [1.29, 1.82) is 0 Å². The Hall–Kier alpha value is 0.140. The highest BCUT2D eigenvalue weighted by molar-refractivity contribution is 7.98. The summed E-state index contributed by atoms with van der Waals surface area (Å²) in [6.45, 7) is 6.66. The Morgan fingerprint density at radius 2 is 1.03 bits per heavy atom. The zero-order valence-electron chi connectivity index (χ0n) is 17.7. The van der Waals surface area contributed by atoms with Gasteiger partial charge in [-0.1, -0.05) is 24.3 Å². The fourth-order valence-electron chi connectivity index (χ4n) is 2.48. The first kappa shape index (κ1) is 28.2. The Labute approximate surface area is 187 Å².